The quantitative estimate of drug-likeness (QED) is 0.163. The Bertz CT molecular complexity index is 1160. The molecule has 2 atom stereocenters. The van der Waals surface area contributed by atoms with Gasteiger partial charge in [0.1, 0.15) is 0 Å². The van der Waals surface area contributed by atoms with Gasteiger partial charge >= 0.3 is 0 Å². The molecule has 0 bridgehead atoms. The molecule has 0 N–H and O–H groups in total. The molecule has 5 rings (SSSR count). The van der Waals surface area contributed by atoms with Gasteiger partial charge in [0.2, 0.25) is 0 Å². The van der Waals surface area contributed by atoms with E-state index in [1.54, 1.807) is 0 Å². The van der Waals surface area contributed by atoms with Crippen molar-refractivity contribution in [3.8, 4) is 0 Å². The van der Waals surface area contributed by atoms with E-state index in [0.717, 1.165) is 39.4 Å². The molecule has 226 valence electrons. The van der Waals surface area contributed by atoms with Crippen LogP contribution in [0.1, 0.15) is 89.5 Å². The number of unbranched alkanes of at least 4 members (excludes halogenated alkanes) is 2. The van der Waals surface area contributed by atoms with Crippen LogP contribution in [0.15, 0.2) is 72.8 Å². The SMILES string of the molecule is CCCCN(CC1CO1)c1ccc(C(C)(C)c2ccc(C(C)(C)c3ccc(N(CCCC)CC4CO4)cc3)cc2)cc1. The van der Waals surface area contributed by atoms with Crippen LogP contribution in [0.5, 0.6) is 0 Å². The van der Waals surface area contributed by atoms with Crippen molar-refractivity contribution in [3.05, 3.63) is 95.1 Å². The molecule has 2 saturated heterocycles. The molecule has 0 saturated carbocycles. The zero-order valence-electron chi connectivity index (χ0n) is 26.9. The summed E-state index contributed by atoms with van der Waals surface area (Å²) in [6.45, 7) is 19.8. The van der Waals surface area contributed by atoms with Gasteiger partial charge in [0.05, 0.1) is 25.4 Å². The molecule has 4 nitrogen and oxygen atoms in total. The Morgan fingerprint density at radius 3 is 1.10 bits per heavy atom. The molecular formula is C38H52N2O2. The maximum absolute atomic E-state index is 5.53. The molecule has 0 radical (unpaired) electrons. The standard InChI is InChI=1S/C38H52N2O2/c1-7-9-23-39(25-35-27-41-35)33-19-15-31(16-20-33)37(3,4)29-11-13-30(14-12-29)38(5,6)32-17-21-34(22-18-32)40(24-10-8-2)26-36-28-42-36/h11-22,35-36H,7-10,23-28H2,1-6H3. The van der Waals surface area contributed by atoms with E-state index < -0.39 is 0 Å². The average Bonchev–Trinajstić information content (AvgIpc) is 3.95. The summed E-state index contributed by atoms with van der Waals surface area (Å²) in [4.78, 5) is 4.98. The molecule has 2 aliphatic heterocycles. The van der Waals surface area contributed by atoms with Gasteiger partial charge < -0.3 is 19.3 Å². The molecule has 0 amide bonds. The van der Waals surface area contributed by atoms with Gasteiger partial charge in [-0.15, -0.1) is 0 Å². The molecule has 2 fully saturated rings. The summed E-state index contributed by atoms with van der Waals surface area (Å²) >= 11 is 0. The van der Waals surface area contributed by atoms with E-state index in [2.05, 4.69) is 124 Å². The molecule has 3 aromatic carbocycles. The minimum absolute atomic E-state index is 0.0794. The summed E-state index contributed by atoms with van der Waals surface area (Å²) in [7, 11) is 0. The second kappa shape index (κ2) is 13.2. The van der Waals surface area contributed by atoms with Gasteiger partial charge in [0.15, 0.2) is 0 Å². The van der Waals surface area contributed by atoms with Crippen LogP contribution in [0, 0.1) is 0 Å². The van der Waals surface area contributed by atoms with Gasteiger partial charge in [0, 0.05) is 48.4 Å². The van der Waals surface area contributed by atoms with Crippen molar-refractivity contribution in [1.29, 1.82) is 0 Å². The second-order valence-electron chi connectivity index (χ2n) is 13.4. The predicted octanol–water partition coefficient (Wildman–Crippen LogP) is 8.35. The van der Waals surface area contributed by atoms with Gasteiger partial charge in [-0.1, -0.05) is 103 Å². The number of nitrogens with zero attached hydrogens (tertiary/aromatic N) is 2. The summed E-state index contributed by atoms with van der Waals surface area (Å²) in [5.41, 5.74) is 7.81. The van der Waals surface area contributed by atoms with Crippen LogP contribution in [-0.2, 0) is 20.3 Å². The Labute approximate surface area is 255 Å². The molecule has 3 aromatic rings. The topological polar surface area (TPSA) is 31.5 Å². The highest BCUT2D eigenvalue weighted by Crippen LogP contribution is 2.37. The van der Waals surface area contributed by atoms with Crippen LogP contribution in [0.2, 0.25) is 0 Å². The zero-order valence-corrected chi connectivity index (χ0v) is 26.9. The predicted molar refractivity (Wildman–Crippen MR) is 177 cm³/mol. The van der Waals surface area contributed by atoms with E-state index in [9.17, 15) is 0 Å². The molecular weight excluding hydrogens is 516 g/mol. The lowest BCUT2D eigenvalue weighted by Crippen LogP contribution is -2.29. The number of hydrogen-bond donors (Lipinski definition) is 0. The minimum atomic E-state index is -0.0794. The third-order valence-electron chi connectivity index (χ3n) is 9.45. The minimum Gasteiger partial charge on any atom is -0.371 e. The van der Waals surface area contributed by atoms with E-state index in [4.69, 9.17) is 9.47 Å². The maximum Gasteiger partial charge on any atom is 0.0984 e. The highest BCUT2D eigenvalue weighted by atomic mass is 16.6. The number of anilines is 2. The van der Waals surface area contributed by atoms with Crippen molar-refractivity contribution in [2.75, 3.05) is 49.2 Å². The van der Waals surface area contributed by atoms with Crippen molar-refractivity contribution in [1.82, 2.24) is 0 Å². The maximum atomic E-state index is 5.53. The van der Waals surface area contributed by atoms with E-state index >= 15 is 0 Å². The smallest absolute Gasteiger partial charge is 0.0984 e. The van der Waals surface area contributed by atoms with Gasteiger partial charge in [-0.05, 0) is 59.4 Å². The van der Waals surface area contributed by atoms with Crippen molar-refractivity contribution in [2.24, 2.45) is 0 Å². The largest absolute Gasteiger partial charge is 0.371 e. The third kappa shape index (κ3) is 7.38. The Morgan fingerprint density at radius 2 is 0.833 bits per heavy atom. The normalized spacial score (nSPS) is 18.1. The molecule has 2 aliphatic rings. The highest BCUT2D eigenvalue weighted by molar-refractivity contribution is 5.53. The van der Waals surface area contributed by atoms with E-state index in [0.29, 0.717) is 12.2 Å². The fourth-order valence-electron chi connectivity index (χ4n) is 6.00. The van der Waals surface area contributed by atoms with Crippen molar-refractivity contribution in [2.45, 2.75) is 90.3 Å². The van der Waals surface area contributed by atoms with Crippen molar-refractivity contribution in [3.63, 3.8) is 0 Å². The Kier molecular flexibility index (Phi) is 9.64. The lowest BCUT2D eigenvalue weighted by atomic mass is 9.74. The van der Waals surface area contributed by atoms with Crippen LogP contribution in [0.3, 0.4) is 0 Å². The van der Waals surface area contributed by atoms with E-state index in [1.165, 1.54) is 59.3 Å². The van der Waals surface area contributed by atoms with Crippen molar-refractivity contribution >= 4 is 11.4 Å². The molecule has 2 unspecified atom stereocenters. The Balaban J connectivity index is 1.28. The molecule has 2 heterocycles. The first kappa shape index (κ1) is 30.6. The molecule has 0 aromatic heterocycles. The van der Waals surface area contributed by atoms with Crippen LogP contribution in [0.25, 0.3) is 0 Å². The number of hydrogen-bond acceptors (Lipinski definition) is 4. The van der Waals surface area contributed by atoms with Crippen molar-refractivity contribution < 1.29 is 9.47 Å². The third-order valence-corrected chi connectivity index (χ3v) is 9.45. The van der Waals surface area contributed by atoms with Crippen LogP contribution in [0.4, 0.5) is 11.4 Å². The molecule has 42 heavy (non-hydrogen) atoms. The lowest BCUT2D eigenvalue weighted by molar-refractivity contribution is 0.406. The summed E-state index contributed by atoms with van der Waals surface area (Å²) in [5, 5.41) is 0. The molecule has 0 aliphatic carbocycles. The summed E-state index contributed by atoms with van der Waals surface area (Å²) in [6.07, 6.45) is 5.64. The highest BCUT2D eigenvalue weighted by Gasteiger charge is 2.29. The van der Waals surface area contributed by atoms with Crippen LogP contribution in [-0.4, -0.2) is 51.6 Å². The Morgan fingerprint density at radius 1 is 0.548 bits per heavy atom. The van der Waals surface area contributed by atoms with Gasteiger partial charge in [-0.3, -0.25) is 0 Å². The summed E-state index contributed by atoms with van der Waals surface area (Å²) in [5.74, 6) is 0. The molecule has 0 spiro atoms. The second-order valence-corrected chi connectivity index (χ2v) is 13.4. The fourth-order valence-corrected chi connectivity index (χ4v) is 6.00. The molecule has 4 heteroatoms. The number of rotatable bonds is 16. The van der Waals surface area contributed by atoms with Gasteiger partial charge in [-0.2, -0.15) is 0 Å². The first-order valence-electron chi connectivity index (χ1n) is 16.3. The first-order valence-corrected chi connectivity index (χ1v) is 16.3. The summed E-state index contributed by atoms with van der Waals surface area (Å²) in [6, 6.07) is 27.8. The number of benzene rings is 3. The van der Waals surface area contributed by atoms with E-state index in [-0.39, 0.29) is 10.8 Å². The number of ether oxygens (including phenoxy) is 2. The van der Waals surface area contributed by atoms with Gasteiger partial charge in [-0.25, -0.2) is 0 Å². The van der Waals surface area contributed by atoms with Crippen LogP contribution >= 0.6 is 0 Å². The number of epoxide rings is 2. The average molecular weight is 569 g/mol. The monoisotopic (exact) mass is 568 g/mol. The fraction of sp³-hybridized carbons (Fsp3) is 0.526. The summed E-state index contributed by atoms with van der Waals surface area (Å²) < 4.78 is 11.1. The van der Waals surface area contributed by atoms with E-state index in [1.807, 2.05) is 0 Å². The zero-order chi connectivity index (χ0) is 29.7. The lowest BCUT2D eigenvalue weighted by Gasteiger charge is -2.31. The Hall–Kier alpha value is -2.82. The first-order chi connectivity index (χ1) is 20.2. The van der Waals surface area contributed by atoms with Gasteiger partial charge in [0.25, 0.3) is 0 Å². The van der Waals surface area contributed by atoms with Crippen LogP contribution < -0.4 is 9.80 Å².